The van der Waals surface area contributed by atoms with Gasteiger partial charge >= 0.3 is 0 Å². The Kier molecular flexibility index (Phi) is 6.38. The molecule has 2 amide bonds. The van der Waals surface area contributed by atoms with Gasteiger partial charge in [-0.15, -0.1) is 0 Å². The van der Waals surface area contributed by atoms with Crippen LogP contribution >= 0.6 is 0 Å². The van der Waals surface area contributed by atoms with E-state index < -0.39 is 45.7 Å². The zero-order valence-electron chi connectivity index (χ0n) is 18.2. The van der Waals surface area contributed by atoms with Crippen LogP contribution in [0, 0.1) is 11.6 Å². The molecule has 0 saturated carbocycles. The highest BCUT2D eigenvalue weighted by atomic mass is 19.1. The molecule has 2 aliphatic rings. The van der Waals surface area contributed by atoms with Gasteiger partial charge in [0.2, 0.25) is 5.43 Å². The number of fused-ring (bicyclic) bond motifs is 1. The van der Waals surface area contributed by atoms with Gasteiger partial charge in [-0.25, -0.2) is 8.78 Å². The fraction of sp³-hybridized carbons (Fsp3) is 0.348. The van der Waals surface area contributed by atoms with Crippen LogP contribution in [0.15, 0.2) is 42.0 Å². The molecule has 3 heterocycles. The van der Waals surface area contributed by atoms with Crippen LogP contribution in [0.1, 0.15) is 32.8 Å². The summed E-state index contributed by atoms with van der Waals surface area (Å²) in [5.74, 6) is -3.91. The van der Waals surface area contributed by atoms with Crippen LogP contribution in [0.3, 0.4) is 0 Å². The number of nitrogens with zero attached hydrogens (tertiary/aromatic N) is 2. The second kappa shape index (κ2) is 9.26. The predicted molar refractivity (Wildman–Crippen MR) is 115 cm³/mol. The lowest BCUT2D eigenvalue weighted by Crippen LogP contribution is -2.60. The molecule has 1 aromatic heterocycles. The van der Waals surface area contributed by atoms with Crippen LogP contribution in [0.4, 0.5) is 8.78 Å². The van der Waals surface area contributed by atoms with Gasteiger partial charge in [-0.2, -0.15) is 0 Å². The molecular weight excluding hydrogens is 452 g/mol. The first-order valence-electron chi connectivity index (χ1n) is 10.6. The second-order valence-corrected chi connectivity index (χ2v) is 8.14. The molecule has 9 nitrogen and oxygen atoms in total. The molecule has 2 aliphatic heterocycles. The molecule has 0 aliphatic carbocycles. The van der Waals surface area contributed by atoms with E-state index in [4.69, 9.17) is 9.47 Å². The third-order valence-electron chi connectivity index (χ3n) is 6.07. The maximum Gasteiger partial charge on any atom is 0.275 e. The predicted octanol–water partition coefficient (Wildman–Crippen LogP) is 1.54. The van der Waals surface area contributed by atoms with Gasteiger partial charge in [0.05, 0.1) is 25.0 Å². The number of carbonyl (C=O) groups excluding carboxylic acids is 2. The molecule has 2 N–H and O–H groups in total. The number of ether oxygens (including phenoxy) is 2. The van der Waals surface area contributed by atoms with Crippen molar-refractivity contribution in [1.82, 2.24) is 14.8 Å². The Morgan fingerprint density at radius 3 is 2.82 bits per heavy atom. The normalized spacial score (nSPS) is 19.2. The van der Waals surface area contributed by atoms with E-state index in [1.165, 1.54) is 28.0 Å². The minimum Gasteiger partial charge on any atom is -0.503 e. The molecule has 1 atom stereocenters. The Morgan fingerprint density at radius 2 is 2.15 bits per heavy atom. The minimum absolute atomic E-state index is 0.0200. The van der Waals surface area contributed by atoms with Gasteiger partial charge in [0.25, 0.3) is 11.8 Å². The minimum atomic E-state index is -1.03. The average molecular weight is 475 g/mol. The summed E-state index contributed by atoms with van der Waals surface area (Å²) in [7, 11) is 0. The van der Waals surface area contributed by atoms with Crippen LogP contribution in [-0.2, 0) is 22.6 Å². The summed E-state index contributed by atoms with van der Waals surface area (Å²) < 4.78 is 39.0. The summed E-state index contributed by atoms with van der Waals surface area (Å²) in [6.45, 7) is 4.37. The summed E-state index contributed by atoms with van der Waals surface area (Å²) in [5, 5.41) is 13.0. The Hall–Kier alpha value is -3.73. The maximum atomic E-state index is 13.9. The smallest absolute Gasteiger partial charge is 0.275 e. The van der Waals surface area contributed by atoms with E-state index in [1.807, 2.05) is 0 Å². The highest BCUT2D eigenvalue weighted by molar-refractivity contribution is 5.99. The van der Waals surface area contributed by atoms with Crippen molar-refractivity contribution in [3.63, 3.8) is 0 Å². The van der Waals surface area contributed by atoms with E-state index in [2.05, 4.69) is 11.9 Å². The molecule has 11 heteroatoms. The largest absolute Gasteiger partial charge is 0.503 e. The van der Waals surface area contributed by atoms with Crippen LogP contribution in [-0.4, -0.2) is 58.3 Å². The van der Waals surface area contributed by atoms with Gasteiger partial charge in [-0.3, -0.25) is 14.4 Å². The summed E-state index contributed by atoms with van der Waals surface area (Å²) in [5.41, 5.74) is -2.39. The molecule has 180 valence electrons. The van der Waals surface area contributed by atoms with E-state index in [0.717, 1.165) is 6.07 Å². The number of benzene rings is 1. The van der Waals surface area contributed by atoms with Crippen LogP contribution in [0.25, 0.3) is 0 Å². The quantitative estimate of drug-likeness (QED) is 0.465. The van der Waals surface area contributed by atoms with Crippen molar-refractivity contribution < 1.29 is 33.0 Å². The monoisotopic (exact) mass is 475 g/mol. The molecule has 1 fully saturated rings. The number of pyridine rings is 1. The molecule has 34 heavy (non-hydrogen) atoms. The van der Waals surface area contributed by atoms with Gasteiger partial charge < -0.3 is 29.4 Å². The topological polar surface area (TPSA) is 110 Å². The lowest BCUT2D eigenvalue weighted by Gasteiger charge is -2.45. The zero-order chi connectivity index (χ0) is 24.5. The molecule has 4 rings (SSSR count). The Morgan fingerprint density at radius 1 is 1.35 bits per heavy atom. The summed E-state index contributed by atoms with van der Waals surface area (Å²) in [6, 6.07) is 2.90. The lowest BCUT2D eigenvalue weighted by atomic mass is 9.92. The van der Waals surface area contributed by atoms with Crippen LogP contribution < -0.4 is 10.7 Å². The fourth-order valence-corrected chi connectivity index (χ4v) is 4.34. The van der Waals surface area contributed by atoms with Crippen molar-refractivity contribution in [3.8, 4) is 5.75 Å². The number of nitrogens with one attached hydrogen (secondary N) is 1. The number of halogens is 2. The molecule has 1 spiro atoms. The number of hydrogen-bond acceptors (Lipinski definition) is 6. The van der Waals surface area contributed by atoms with Crippen molar-refractivity contribution in [2.75, 3.05) is 26.4 Å². The molecular formula is C23H23F2N3O6. The first-order valence-corrected chi connectivity index (χ1v) is 10.6. The number of aromatic hydroxyl groups is 1. The molecule has 1 unspecified atom stereocenters. The first-order chi connectivity index (χ1) is 16.3. The van der Waals surface area contributed by atoms with E-state index >= 15 is 0 Å². The number of amides is 2. The van der Waals surface area contributed by atoms with Crippen molar-refractivity contribution in [2.24, 2.45) is 0 Å². The first kappa shape index (κ1) is 23.4. The molecule has 1 saturated heterocycles. The Labute approximate surface area is 193 Å². The Bertz CT molecular complexity index is 1210. The van der Waals surface area contributed by atoms with Gasteiger partial charge in [0, 0.05) is 37.5 Å². The van der Waals surface area contributed by atoms with Gasteiger partial charge in [-0.05, 0) is 12.5 Å². The van der Waals surface area contributed by atoms with Crippen LogP contribution in [0.5, 0.6) is 5.75 Å². The SMILES string of the molecule is C=COCCN1C(=O)c2c(O)c(=O)c(C(=O)NCc3ccc(F)cc3F)cn2CC12CCOC2. The van der Waals surface area contributed by atoms with Crippen LogP contribution in [0.2, 0.25) is 0 Å². The third-order valence-corrected chi connectivity index (χ3v) is 6.07. The van der Waals surface area contributed by atoms with Gasteiger partial charge in [0.15, 0.2) is 11.4 Å². The van der Waals surface area contributed by atoms with E-state index in [-0.39, 0.29) is 44.1 Å². The Balaban J connectivity index is 1.64. The van der Waals surface area contributed by atoms with Crippen molar-refractivity contribution in [1.29, 1.82) is 0 Å². The highest BCUT2D eigenvalue weighted by Crippen LogP contribution is 2.35. The molecule has 1 aromatic carbocycles. The average Bonchev–Trinajstić information content (AvgIpc) is 3.26. The summed E-state index contributed by atoms with van der Waals surface area (Å²) in [4.78, 5) is 40.3. The van der Waals surface area contributed by atoms with Gasteiger partial charge in [-0.1, -0.05) is 12.6 Å². The maximum absolute atomic E-state index is 13.9. The summed E-state index contributed by atoms with van der Waals surface area (Å²) >= 11 is 0. The fourth-order valence-electron chi connectivity index (χ4n) is 4.34. The van der Waals surface area contributed by atoms with Crippen molar-refractivity contribution >= 4 is 11.8 Å². The highest BCUT2D eigenvalue weighted by Gasteiger charge is 2.48. The number of hydrogen-bond donors (Lipinski definition) is 2. The third kappa shape index (κ3) is 4.14. The molecule has 2 aromatic rings. The van der Waals surface area contributed by atoms with Crippen molar-refractivity contribution in [2.45, 2.75) is 25.0 Å². The van der Waals surface area contributed by atoms with E-state index in [1.54, 1.807) is 0 Å². The zero-order valence-corrected chi connectivity index (χ0v) is 18.2. The van der Waals surface area contributed by atoms with E-state index in [0.29, 0.717) is 19.1 Å². The van der Waals surface area contributed by atoms with Gasteiger partial charge in [0.1, 0.15) is 23.8 Å². The molecule has 0 radical (unpaired) electrons. The second-order valence-electron chi connectivity index (χ2n) is 8.14. The van der Waals surface area contributed by atoms with Crippen molar-refractivity contribution in [3.05, 3.63) is 75.9 Å². The summed E-state index contributed by atoms with van der Waals surface area (Å²) in [6.07, 6.45) is 2.98. The molecule has 0 bridgehead atoms. The number of rotatable bonds is 7. The standard InChI is InChI=1S/C23H23F2N3O6/c1-2-33-8-6-28-22(32)18-20(30)19(29)16(11-27(18)12-23(28)5-7-34-13-23)21(31)26-10-14-3-4-15(24)9-17(14)25/h2-4,9,11,30H,1,5-8,10,12-13H2,(H,26,31). The lowest BCUT2D eigenvalue weighted by molar-refractivity contribution is 0.0164. The number of carbonyl (C=O) groups is 2. The van der Waals surface area contributed by atoms with E-state index in [9.17, 15) is 28.3 Å². The number of aromatic nitrogens is 1.